The van der Waals surface area contributed by atoms with Gasteiger partial charge in [-0.3, -0.25) is 9.69 Å². The van der Waals surface area contributed by atoms with Gasteiger partial charge in [0.05, 0.1) is 5.39 Å². The Balaban J connectivity index is 0.973. The van der Waals surface area contributed by atoms with Crippen LogP contribution in [0.2, 0.25) is 0 Å². The molecule has 2 aromatic rings. The molecule has 2 saturated carbocycles. The average molecular weight is 487 g/mol. The van der Waals surface area contributed by atoms with E-state index in [9.17, 15) is 9.18 Å². The van der Waals surface area contributed by atoms with Crippen LogP contribution < -0.4 is 10.2 Å². The largest absolute Gasteiger partial charge is 0.384 e. The summed E-state index contributed by atoms with van der Waals surface area (Å²) < 4.78 is 24.3. The molecule has 0 unspecified atom stereocenters. The lowest BCUT2D eigenvalue weighted by atomic mass is 9.73. The number of amides is 1. The molecule has 8 heteroatoms. The molecule has 0 bridgehead atoms. The molecule has 0 radical (unpaired) electrons. The van der Waals surface area contributed by atoms with Crippen molar-refractivity contribution in [3.05, 3.63) is 24.0 Å². The molecule has 3 fully saturated rings. The van der Waals surface area contributed by atoms with Gasteiger partial charge in [0, 0.05) is 52.4 Å². The molecule has 1 aromatic heterocycles. The van der Waals surface area contributed by atoms with Crippen molar-refractivity contribution < 1.29 is 18.4 Å². The first-order valence-electron chi connectivity index (χ1n) is 13.4. The second-order valence-corrected chi connectivity index (χ2v) is 10.9. The van der Waals surface area contributed by atoms with Crippen molar-refractivity contribution >= 4 is 22.7 Å². The number of halogens is 1. The molecule has 1 N–H and O–H groups in total. The van der Waals surface area contributed by atoms with Crippen molar-refractivity contribution in [2.24, 2.45) is 17.8 Å². The zero-order valence-corrected chi connectivity index (χ0v) is 20.9. The van der Waals surface area contributed by atoms with Gasteiger partial charge in [-0.15, -0.1) is 0 Å². The van der Waals surface area contributed by atoms with Crippen molar-refractivity contribution in [3.63, 3.8) is 0 Å². The van der Waals surface area contributed by atoms with Crippen LogP contribution in [0, 0.1) is 23.6 Å². The number of hydrogen-bond donors (Lipinski definition) is 1. The molecule has 0 spiro atoms. The normalized spacial score (nSPS) is 27.7. The Morgan fingerprint density at radius 3 is 2.63 bits per heavy atom. The average Bonchev–Trinajstić information content (AvgIpc) is 3.26. The summed E-state index contributed by atoms with van der Waals surface area (Å²) in [5.41, 5.74) is 0.634. The number of aromatic nitrogens is 1. The van der Waals surface area contributed by atoms with E-state index in [2.05, 4.69) is 20.3 Å². The second-order valence-electron chi connectivity index (χ2n) is 10.9. The highest BCUT2D eigenvalue weighted by molar-refractivity contribution is 5.88. The number of ether oxygens (including phenoxy) is 1. The van der Waals surface area contributed by atoms with Gasteiger partial charge in [0.1, 0.15) is 5.82 Å². The van der Waals surface area contributed by atoms with Gasteiger partial charge in [-0.25, -0.2) is 4.39 Å². The standard InChI is InChI=1S/C27H39FN4O3/c1-34-18-21-14-20(15-21)16-26(33)29-23-5-2-19(3-6-23)8-9-31-10-12-32(13-11-31)27-24-17-22(28)4-7-25(24)35-30-27/h4,7,17,19-21,23H,2-3,5-6,8-16,18H2,1H3,(H,29,33). The lowest BCUT2D eigenvalue weighted by Crippen LogP contribution is -2.47. The van der Waals surface area contributed by atoms with Crippen LogP contribution in [-0.4, -0.2) is 68.4 Å². The van der Waals surface area contributed by atoms with Crippen molar-refractivity contribution in [1.82, 2.24) is 15.4 Å². The monoisotopic (exact) mass is 486 g/mol. The van der Waals surface area contributed by atoms with Gasteiger partial charge < -0.3 is 19.5 Å². The van der Waals surface area contributed by atoms with Gasteiger partial charge in [-0.2, -0.15) is 0 Å². The van der Waals surface area contributed by atoms with Gasteiger partial charge in [0.2, 0.25) is 5.91 Å². The maximum absolute atomic E-state index is 13.7. The van der Waals surface area contributed by atoms with Crippen LogP contribution in [0.3, 0.4) is 0 Å². The van der Waals surface area contributed by atoms with Crippen molar-refractivity contribution in [2.75, 3.05) is 51.3 Å². The summed E-state index contributed by atoms with van der Waals surface area (Å²) in [5.74, 6) is 2.70. The van der Waals surface area contributed by atoms with E-state index in [0.717, 1.165) is 82.1 Å². The van der Waals surface area contributed by atoms with E-state index in [-0.39, 0.29) is 11.7 Å². The number of nitrogens with one attached hydrogen (secondary N) is 1. The first-order valence-corrected chi connectivity index (χ1v) is 13.4. The van der Waals surface area contributed by atoms with Crippen molar-refractivity contribution in [1.29, 1.82) is 0 Å². The first-order chi connectivity index (χ1) is 17.1. The number of piperazine rings is 1. The number of rotatable bonds is 9. The molecule has 3 aliphatic rings. The zero-order chi connectivity index (χ0) is 24.2. The Bertz CT molecular complexity index is 976. The summed E-state index contributed by atoms with van der Waals surface area (Å²) >= 11 is 0. The van der Waals surface area contributed by atoms with Crippen LogP contribution in [-0.2, 0) is 9.53 Å². The van der Waals surface area contributed by atoms with Gasteiger partial charge in [-0.05, 0) is 87.4 Å². The molecule has 35 heavy (non-hydrogen) atoms. The zero-order valence-electron chi connectivity index (χ0n) is 20.9. The predicted molar refractivity (Wildman–Crippen MR) is 134 cm³/mol. The van der Waals surface area contributed by atoms with E-state index in [0.29, 0.717) is 29.9 Å². The summed E-state index contributed by atoms with van der Waals surface area (Å²) in [7, 11) is 1.75. The van der Waals surface area contributed by atoms with E-state index in [1.54, 1.807) is 13.2 Å². The first kappa shape index (κ1) is 24.5. The van der Waals surface area contributed by atoms with Crippen LogP contribution in [0.15, 0.2) is 22.7 Å². The summed E-state index contributed by atoms with van der Waals surface area (Å²) in [4.78, 5) is 17.1. The topological polar surface area (TPSA) is 70.8 Å². The number of carbonyl (C=O) groups excluding carboxylic acids is 1. The highest BCUT2D eigenvalue weighted by Gasteiger charge is 2.31. The predicted octanol–water partition coefficient (Wildman–Crippen LogP) is 4.22. The molecule has 2 heterocycles. The van der Waals surface area contributed by atoms with Gasteiger partial charge in [-0.1, -0.05) is 5.16 Å². The minimum Gasteiger partial charge on any atom is -0.384 e. The molecular formula is C27H39FN4O3. The van der Waals surface area contributed by atoms with E-state index in [4.69, 9.17) is 9.26 Å². The summed E-state index contributed by atoms with van der Waals surface area (Å²) in [6, 6.07) is 4.92. The fourth-order valence-electron chi connectivity index (χ4n) is 6.23. The SMILES string of the molecule is COCC1CC(CC(=O)NC2CCC(CCN3CCN(c4noc5ccc(F)cc45)CC3)CC2)C1. The van der Waals surface area contributed by atoms with E-state index in [1.807, 2.05) is 0 Å². The van der Waals surface area contributed by atoms with E-state index < -0.39 is 0 Å². The number of methoxy groups -OCH3 is 1. The lowest BCUT2D eigenvalue weighted by Gasteiger charge is -2.36. The molecule has 7 nitrogen and oxygen atoms in total. The summed E-state index contributed by atoms with van der Waals surface area (Å²) in [6.45, 7) is 5.68. The maximum atomic E-state index is 13.7. The van der Waals surface area contributed by atoms with Crippen LogP contribution in [0.4, 0.5) is 10.2 Å². The van der Waals surface area contributed by atoms with Crippen molar-refractivity contribution in [3.8, 4) is 0 Å². The highest BCUT2D eigenvalue weighted by atomic mass is 19.1. The summed E-state index contributed by atoms with van der Waals surface area (Å²) in [6.07, 6.45) is 8.81. The number of anilines is 1. The quantitative estimate of drug-likeness (QED) is 0.572. The number of nitrogens with zero attached hydrogens (tertiary/aromatic N) is 3. The molecule has 1 amide bonds. The van der Waals surface area contributed by atoms with Gasteiger partial charge in [0.25, 0.3) is 0 Å². The van der Waals surface area contributed by atoms with Gasteiger partial charge in [0.15, 0.2) is 11.4 Å². The lowest BCUT2D eigenvalue weighted by molar-refractivity contribution is -0.124. The van der Waals surface area contributed by atoms with E-state index >= 15 is 0 Å². The van der Waals surface area contributed by atoms with Crippen molar-refractivity contribution in [2.45, 2.75) is 57.4 Å². The smallest absolute Gasteiger partial charge is 0.220 e. The fraction of sp³-hybridized carbons (Fsp3) is 0.704. The number of fused-ring (bicyclic) bond motifs is 1. The molecule has 2 aliphatic carbocycles. The van der Waals surface area contributed by atoms with Gasteiger partial charge >= 0.3 is 0 Å². The Hall–Kier alpha value is -2.19. The minimum atomic E-state index is -0.260. The Morgan fingerprint density at radius 2 is 1.89 bits per heavy atom. The number of hydrogen-bond acceptors (Lipinski definition) is 6. The molecule has 1 aliphatic heterocycles. The third-order valence-corrected chi connectivity index (χ3v) is 8.36. The number of carbonyl (C=O) groups is 1. The van der Waals surface area contributed by atoms with E-state index in [1.165, 1.54) is 31.4 Å². The minimum absolute atomic E-state index is 0.245. The molecule has 0 atom stereocenters. The summed E-state index contributed by atoms with van der Waals surface area (Å²) in [5, 5.41) is 8.25. The Morgan fingerprint density at radius 1 is 1.11 bits per heavy atom. The van der Waals surface area contributed by atoms with Crippen LogP contribution in [0.5, 0.6) is 0 Å². The second kappa shape index (κ2) is 11.2. The molecular weight excluding hydrogens is 447 g/mol. The Kier molecular flexibility index (Phi) is 7.88. The third-order valence-electron chi connectivity index (χ3n) is 8.36. The fourth-order valence-corrected chi connectivity index (χ4v) is 6.23. The Labute approximate surface area is 207 Å². The van der Waals surface area contributed by atoms with Crippen LogP contribution in [0.25, 0.3) is 11.0 Å². The third kappa shape index (κ3) is 6.15. The van der Waals surface area contributed by atoms with Crippen LogP contribution >= 0.6 is 0 Å². The van der Waals surface area contributed by atoms with Crippen LogP contribution in [0.1, 0.15) is 51.4 Å². The maximum Gasteiger partial charge on any atom is 0.220 e. The molecule has 192 valence electrons. The molecule has 1 aromatic carbocycles. The molecule has 1 saturated heterocycles. The molecule has 5 rings (SSSR count). The number of benzene rings is 1. The highest BCUT2D eigenvalue weighted by Crippen LogP contribution is 2.36.